The maximum absolute atomic E-state index is 14.3. The molecule has 1 N–H and O–H groups in total. The van der Waals surface area contributed by atoms with E-state index in [4.69, 9.17) is 0 Å². The summed E-state index contributed by atoms with van der Waals surface area (Å²) in [5.41, 5.74) is 3.26. The number of carbonyl (C=O) groups is 2. The summed E-state index contributed by atoms with van der Waals surface area (Å²) in [5, 5.41) is 2.96. The average Bonchev–Trinajstić information content (AvgIpc) is 2.68. The number of carbonyl (C=O) groups excluding carboxylic acids is 2. The second-order valence-electron chi connectivity index (χ2n) is 7.17. The van der Waals surface area contributed by atoms with Gasteiger partial charge in [-0.3, -0.25) is 4.79 Å². The van der Waals surface area contributed by atoms with Gasteiger partial charge in [0.25, 0.3) is 0 Å². The Hall–Kier alpha value is -2.89. The lowest BCUT2D eigenvalue weighted by Gasteiger charge is -2.36. The smallest absolute Gasteiger partial charge is 0.317 e. The summed E-state index contributed by atoms with van der Waals surface area (Å²) in [7, 11) is 0. The molecule has 148 valence electrons. The molecule has 3 rings (SSSR count). The highest BCUT2D eigenvalue weighted by Gasteiger charge is 2.23. The Balaban J connectivity index is 1.48. The number of ketones is 1. The van der Waals surface area contributed by atoms with Gasteiger partial charge < -0.3 is 15.1 Å². The van der Waals surface area contributed by atoms with Crippen molar-refractivity contribution in [3.05, 3.63) is 65.0 Å². The molecule has 0 atom stereocenters. The SMILES string of the molecule is CC(=O)c1ccc(N2CCN(C(=O)NCCc3cccc(C)c3)CC2)c(F)c1. The molecule has 28 heavy (non-hydrogen) atoms. The molecule has 5 nitrogen and oxygen atoms in total. The third-order valence-corrected chi connectivity index (χ3v) is 5.03. The minimum atomic E-state index is -0.399. The highest BCUT2D eigenvalue weighted by molar-refractivity contribution is 5.94. The lowest BCUT2D eigenvalue weighted by Crippen LogP contribution is -2.52. The Labute approximate surface area is 165 Å². The molecule has 1 aliphatic heterocycles. The quantitative estimate of drug-likeness (QED) is 0.805. The molecule has 6 heteroatoms. The number of rotatable bonds is 5. The van der Waals surface area contributed by atoms with Crippen LogP contribution in [0.5, 0.6) is 0 Å². The van der Waals surface area contributed by atoms with Gasteiger partial charge in [-0.15, -0.1) is 0 Å². The van der Waals surface area contributed by atoms with E-state index in [9.17, 15) is 14.0 Å². The predicted molar refractivity (Wildman–Crippen MR) is 108 cm³/mol. The van der Waals surface area contributed by atoms with Gasteiger partial charge in [0, 0.05) is 38.3 Å². The van der Waals surface area contributed by atoms with E-state index in [1.54, 1.807) is 17.0 Å². The molecule has 0 aromatic heterocycles. The number of nitrogens with zero attached hydrogens (tertiary/aromatic N) is 2. The Morgan fingerprint density at radius 2 is 1.82 bits per heavy atom. The highest BCUT2D eigenvalue weighted by atomic mass is 19.1. The fourth-order valence-corrected chi connectivity index (χ4v) is 3.43. The first-order valence-corrected chi connectivity index (χ1v) is 9.58. The largest absolute Gasteiger partial charge is 0.366 e. The summed E-state index contributed by atoms with van der Waals surface area (Å²) in [4.78, 5) is 27.4. The molecule has 0 radical (unpaired) electrons. The predicted octanol–water partition coefficient (Wildman–Crippen LogP) is 3.41. The van der Waals surface area contributed by atoms with Crippen molar-refractivity contribution in [2.75, 3.05) is 37.6 Å². The van der Waals surface area contributed by atoms with E-state index in [0.29, 0.717) is 44.0 Å². The maximum atomic E-state index is 14.3. The van der Waals surface area contributed by atoms with E-state index in [1.165, 1.54) is 24.1 Å². The molecule has 0 unspecified atom stereocenters. The van der Waals surface area contributed by atoms with Crippen LogP contribution in [0.2, 0.25) is 0 Å². The van der Waals surface area contributed by atoms with Gasteiger partial charge in [0.05, 0.1) is 5.69 Å². The van der Waals surface area contributed by atoms with Crippen LogP contribution < -0.4 is 10.2 Å². The zero-order chi connectivity index (χ0) is 20.1. The first-order chi connectivity index (χ1) is 13.4. The van der Waals surface area contributed by atoms with Crippen LogP contribution >= 0.6 is 0 Å². The average molecular weight is 383 g/mol. The summed E-state index contributed by atoms with van der Waals surface area (Å²) < 4.78 is 14.3. The summed E-state index contributed by atoms with van der Waals surface area (Å²) in [5.74, 6) is -0.554. The van der Waals surface area contributed by atoms with Crippen LogP contribution in [-0.2, 0) is 6.42 Å². The van der Waals surface area contributed by atoms with Crippen molar-refractivity contribution in [2.24, 2.45) is 0 Å². The summed E-state index contributed by atoms with van der Waals surface area (Å²) in [6, 6.07) is 12.7. The first-order valence-electron chi connectivity index (χ1n) is 9.58. The Kier molecular flexibility index (Phi) is 6.29. The molecule has 0 bridgehead atoms. The fourth-order valence-electron chi connectivity index (χ4n) is 3.43. The zero-order valence-electron chi connectivity index (χ0n) is 16.4. The number of benzene rings is 2. The molecule has 1 saturated heterocycles. The Morgan fingerprint density at radius 3 is 2.46 bits per heavy atom. The molecule has 1 heterocycles. The van der Waals surface area contributed by atoms with Crippen LogP contribution in [0.3, 0.4) is 0 Å². The van der Waals surface area contributed by atoms with Crippen molar-refractivity contribution < 1.29 is 14.0 Å². The molecule has 2 aromatic rings. The summed E-state index contributed by atoms with van der Waals surface area (Å²) >= 11 is 0. The van der Waals surface area contributed by atoms with E-state index >= 15 is 0 Å². The number of halogens is 1. The number of Topliss-reactive ketones (excluding diaryl/α,β-unsaturated/α-hetero) is 1. The second-order valence-corrected chi connectivity index (χ2v) is 7.17. The number of hydrogen-bond donors (Lipinski definition) is 1. The van der Waals surface area contributed by atoms with Crippen molar-refractivity contribution in [3.8, 4) is 0 Å². The lowest BCUT2D eigenvalue weighted by atomic mass is 10.1. The first kappa shape index (κ1) is 19.9. The van der Waals surface area contributed by atoms with E-state index in [1.807, 2.05) is 11.0 Å². The third-order valence-electron chi connectivity index (χ3n) is 5.03. The number of urea groups is 1. The number of hydrogen-bond acceptors (Lipinski definition) is 3. The van der Waals surface area contributed by atoms with Gasteiger partial charge in [-0.05, 0) is 44.0 Å². The van der Waals surface area contributed by atoms with Crippen LogP contribution in [-0.4, -0.2) is 49.4 Å². The number of anilines is 1. The highest BCUT2D eigenvalue weighted by Crippen LogP contribution is 2.22. The number of nitrogens with one attached hydrogen (secondary N) is 1. The molecule has 2 aromatic carbocycles. The summed E-state index contributed by atoms with van der Waals surface area (Å²) in [6.45, 7) is 6.24. The van der Waals surface area contributed by atoms with Crippen molar-refractivity contribution in [2.45, 2.75) is 20.3 Å². The van der Waals surface area contributed by atoms with Gasteiger partial charge in [-0.25, -0.2) is 9.18 Å². The van der Waals surface area contributed by atoms with Crippen LogP contribution in [0.1, 0.15) is 28.4 Å². The number of piperazine rings is 1. The van der Waals surface area contributed by atoms with Crippen molar-refractivity contribution in [3.63, 3.8) is 0 Å². The van der Waals surface area contributed by atoms with Gasteiger partial charge in [0.15, 0.2) is 5.78 Å². The van der Waals surface area contributed by atoms with Gasteiger partial charge in [-0.2, -0.15) is 0 Å². The van der Waals surface area contributed by atoms with Crippen LogP contribution in [0.4, 0.5) is 14.9 Å². The summed E-state index contributed by atoms with van der Waals surface area (Å²) in [6.07, 6.45) is 0.793. The zero-order valence-corrected chi connectivity index (χ0v) is 16.4. The van der Waals surface area contributed by atoms with E-state index < -0.39 is 5.82 Å². The van der Waals surface area contributed by atoms with Crippen LogP contribution in [0.25, 0.3) is 0 Å². The van der Waals surface area contributed by atoms with Crippen LogP contribution in [0.15, 0.2) is 42.5 Å². The molecular weight excluding hydrogens is 357 g/mol. The molecule has 0 saturated carbocycles. The van der Waals surface area contributed by atoms with Crippen LogP contribution in [0, 0.1) is 12.7 Å². The van der Waals surface area contributed by atoms with Crippen molar-refractivity contribution in [1.29, 1.82) is 0 Å². The third kappa shape index (κ3) is 4.88. The van der Waals surface area contributed by atoms with E-state index in [0.717, 1.165) is 6.42 Å². The fraction of sp³-hybridized carbons (Fsp3) is 0.364. The molecule has 1 fully saturated rings. The van der Waals surface area contributed by atoms with E-state index in [-0.39, 0.29) is 11.8 Å². The van der Waals surface area contributed by atoms with Crippen molar-refractivity contribution >= 4 is 17.5 Å². The second kappa shape index (κ2) is 8.87. The molecular formula is C22H26FN3O2. The van der Waals surface area contributed by atoms with Gasteiger partial charge in [0.2, 0.25) is 0 Å². The van der Waals surface area contributed by atoms with Gasteiger partial charge in [-0.1, -0.05) is 29.8 Å². The maximum Gasteiger partial charge on any atom is 0.317 e. The minimum Gasteiger partial charge on any atom is -0.366 e. The van der Waals surface area contributed by atoms with Gasteiger partial charge in [0.1, 0.15) is 5.82 Å². The Bertz CT molecular complexity index is 861. The Morgan fingerprint density at radius 1 is 1.07 bits per heavy atom. The number of amides is 2. The van der Waals surface area contributed by atoms with Crippen molar-refractivity contribution in [1.82, 2.24) is 10.2 Å². The standard InChI is InChI=1S/C22H26FN3O2/c1-16-4-3-5-18(14-16)8-9-24-22(28)26-12-10-25(11-13-26)21-7-6-19(17(2)27)15-20(21)23/h3-7,14-15H,8-13H2,1-2H3,(H,24,28). The minimum absolute atomic E-state index is 0.0836. The molecule has 1 aliphatic rings. The number of aryl methyl sites for hydroxylation is 1. The normalized spacial score (nSPS) is 14.1. The lowest BCUT2D eigenvalue weighted by molar-refractivity contribution is 0.101. The molecule has 0 aliphatic carbocycles. The topological polar surface area (TPSA) is 52.7 Å². The molecule has 2 amide bonds. The van der Waals surface area contributed by atoms with E-state index in [2.05, 4.69) is 30.4 Å². The monoisotopic (exact) mass is 383 g/mol. The van der Waals surface area contributed by atoms with Gasteiger partial charge >= 0.3 is 6.03 Å². The molecule has 0 spiro atoms.